The lowest BCUT2D eigenvalue weighted by molar-refractivity contribution is -0.128. The molecule has 1 aliphatic heterocycles. The predicted molar refractivity (Wildman–Crippen MR) is 55.1 cm³/mol. The molecule has 2 rings (SSSR count). The van der Waals surface area contributed by atoms with Gasteiger partial charge < -0.3 is 15.2 Å². The second-order valence-electron chi connectivity index (χ2n) is 4.25. The Hall–Kier alpha value is -1.27. The first-order valence-electron chi connectivity index (χ1n) is 5.13. The standard InChI is InChI=1S/C11H12F3NO2/c12-7-1-9(14)10(2-8(7)13)15-3-11(4-16)5-17-6-11/h1-2,15-16H,3-6H2. The fourth-order valence-corrected chi connectivity index (χ4v) is 1.58. The van der Waals surface area contributed by atoms with Crippen LogP contribution in [0.4, 0.5) is 18.9 Å². The van der Waals surface area contributed by atoms with Crippen LogP contribution in [-0.2, 0) is 4.74 Å². The SMILES string of the molecule is OCC1(CNc2cc(F)c(F)cc2F)COC1. The molecule has 1 aliphatic rings. The first-order valence-corrected chi connectivity index (χ1v) is 5.13. The number of aliphatic hydroxyl groups excluding tert-OH is 1. The normalized spacial score (nSPS) is 17.6. The Morgan fingerprint density at radius 1 is 1.18 bits per heavy atom. The van der Waals surface area contributed by atoms with Crippen LogP contribution in [0.25, 0.3) is 0 Å². The van der Waals surface area contributed by atoms with Crippen LogP contribution in [0.3, 0.4) is 0 Å². The molecule has 1 aromatic carbocycles. The third-order valence-electron chi connectivity index (χ3n) is 2.82. The number of halogens is 3. The second-order valence-corrected chi connectivity index (χ2v) is 4.25. The van der Waals surface area contributed by atoms with Crippen molar-refractivity contribution in [2.45, 2.75) is 0 Å². The van der Waals surface area contributed by atoms with E-state index in [1.807, 2.05) is 0 Å². The molecule has 2 N–H and O–H groups in total. The molecule has 1 aromatic rings. The van der Waals surface area contributed by atoms with Gasteiger partial charge in [0.1, 0.15) is 5.82 Å². The van der Waals surface area contributed by atoms with Crippen LogP contribution < -0.4 is 5.32 Å². The van der Waals surface area contributed by atoms with Crippen LogP contribution in [0.5, 0.6) is 0 Å². The average Bonchev–Trinajstić information content (AvgIpc) is 2.24. The van der Waals surface area contributed by atoms with E-state index in [9.17, 15) is 13.2 Å². The van der Waals surface area contributed by atoms with Gasteiger partial charge in [-0.05, 0) is 0 Å². The van der Waals surface area contributed by atoms with Gasteiger partial charge in [0.25, 0.3) is 0 Å². The van der Waals surface area contributed by atoms with E-state index in [-0.39, 0.29) is 18.8 Å². The zero-order valence-corrected chi connectivity index (χ0v) is 8.97. The summed E-state index contributed by atoms with van der Waals surface area (Å²) in [5.74, 6) is -3.20. The molecule has 0 radical (unpaired) electrons. The van der Waals surface area contributed by atoms with Crippen molar-refractivity contribution in [1.29, 1.82) is 0 Å². The minimum absolute atomic E-state index is 0.106. The Morgan fingerprint density at radius 2 is 1.82 bits per heavy atom. The van der Waals surface area contributed by atoms with Crippen molar-refractivity contribution >= 4 is 5.69 Å². The van der Waals surface area contributed by atoms with Crippen LogP contribution in [0, 0.1) is 22.9 Å². The van der Waals surface area contributed by atoms with Gasteiger partial charge in [0.05, 0.1) is 30.9 Å². The van der Waals surface area contributed by atoms with Gasteiger partial charge in [-0.1, -0.05) is 0 Å². The number of nitrogens with one attached hydrogen (secondary N) is 1. The number of rotatable bonds is 4. The van der Waals surface area contributed by atoms with Gasteiger partial charge in [0.15, 0.2) is 11.6 Å². The molecule has 0 atom stereocenters. The first-order chi connectivity index (χ1) is 8.06. The largest absolute Gasteiger partial charge is 0.396 e. The number of ether oxygens (including phenoxy) is 1. The lowest BCUT2D eigenvalue weighted by Gasteiger charge is -2.40. The fourth-order valence-electron chi connectivity index (χ4n) is 1.58. The summed E-state index contributed by atoms with van der Waals surface area (Å²) in [5.41, 5.74) is -0.583. The third kappa shape index (κ3) is 2.37. The van der Waals surface area contributed by atoms with E-state index >= 15 is 0 Å². The molecule has 0 aliphatic carbocycles. The van der Waals surface area contributed by atoms with Crippen molar-refractivity contribution in [2.75, 3.05) is 31.7 Å². The van der Waals surface area contributed by atoms with E-state index in [4.69, 9.17) is 9.84 Å². The highest BCUT2D eigenvalue weighted by Crippen LogP contribution is 2.28. The molecular formula is C11H12F3NO2. The molecule has 0 unspecified atom stereocenters. The summed E-state index contributed by atoms with van der Waals surface area (Å²) < 4.78 is 43.8. The summed E-state index contributed by atoms with van der Waals surface area (Å²) >= 11 is 0. The molecule has 1 heterocycles. The second kappa shape index (κ2) is 4.54. The highest BCUT2D eigenvalue weighted by molar-refractivity contribution is 5.45. The lowest BCUT2D eigenvalue weighted by Crippen LogP contribution is -2.50. The van der Waals surface area contributed by atoms with Crippen LogP contribution in [0.15, 0.2) is 12.1 Å². The van der Waals surface area contributed by atoms with E-state index < -0.39 is 22.9 Å². The Kier molecular flexibility index (Phi) is 3.26. The van der Waals surface area contributed by atoms with Crippen LogP contribution >= 0.6 is 0 Å². The molecule has 0 saturated carbocycles. The molecule has 0 amide bonds. The molecule has 3 nitrogen and oxygen atoms in total. The Bertz CT molecular complexity index is 416. The number of anilines is 1. The van der Waals surface area contributed by atoms with Gasteiger partial charge in [0.2, 0.25) is 0 Å². The van der Waals surface area contributed by atoms with Gasteiger partial charge in [-0.15, -0.1) is 0 Å². The molecule has 1 fully saturated rings. The molecule has 0 spiro atoms. The van der Waals surface area contributed by atoms with Crippen molar-refractivity contribution in [3.05, 3.63) is 29.6 Å². The molecule has 6 heteroatoms. The number of hydrogen-bond donors (Lipinski definition) is 2. The Morgan fingerprint density at radius 3 is 2.35 bits per heavy atom. The van der Waals surface area contributed by atoms with Crippen LogP contribution in [-0.4, -0.2) is 31.5 Å². The third-order valence-corrected chi connectivity index (χ3v) is 2.82. The molecule has 94 valence electrons. The maximum atomic E-state index is 13.3. The van der Waals surface area contributed by atoms with E-state index in [1.54, 1.807) is 0 Å². The van der Waals surface area contributed by atoms with Gasteiger partial charge >= 0.3 is 0 Å². The fraction of sp³-hybridized carbons (Fsp3) is 0.455. The summed E-state index contributed by atoms with van der Waals surface area (Å²) in [7, 11) is 0. The topological polar surface area (TPSA) is 41.5 Å². The van der Waals surface area contributed by atoms with E-state index in [0.717, 1.165) is 6.07 Å². The van der Waals surface area contributed by atoms with Crippen molar-refractivity contribution in [1.82, 2.24) is 0 Å². The van der Waals surface area contributed by atoms with Crippen molar-refractivity contribution in [3.63, 3.8) is 0 Å². The van der Waals surface area contributed by atoms with Gasteiger partial charge in [-0.3, -0.25) is 0 Å². The monoisotopic (exact) mass is 247 g/mol. The summed E-state index contributed by atoms with van der Waals surface area (Å²) in [6.45, 7) is 0.861. The zero-order chi connectivity index (χ0) is 12.5. The number of hydrogen-bond acceptors (Lipinski definition) is 3. The quantitative estimate of drug-likeness (QED) is 0.793. The zero-order valence-electron chi connectivity index (χ0n) is 8.97. The number of aliphatic hydroxyl groups is 1. The van der Waals surface area contributed by atoms with E-state index in [2.05, 4.69) is 5.32 Å². The van der Waals surface area contributed by atoms with Crippen LogP contribution in [0.1, 0.15) is 0 Å². The lowest BCUT2D eigenvalue weighted by atomic mass is 9.87. The minimum Gasteiger partial charge on any atom is -0.396 e. The highest BCUT2D eigenvalue weighted by Gasteiger charge is 2.38. The van der Waals surface area contributed by atoms with Gasteiger partial charge in [-0.2, -0.15) is 0 Å². The van der Waals surface area contributed by atoms with Crippen molar-refractivity contribution in [2.24, 2.45) is 5.41 Å². The van der Waals surface area contributed by atoms with Gasteiger partial charge in [0, 0.05) is 18.7 Å². The molecule has 17 heavy (non-hydrogen) atoms. The van der Waals surface area contributed by atoms with E-state index in [0.29, 0.717) is 19.3 Å². The Balaban J connectivity index is 2.06. The summed E-state index contributed by atoms with van der Waals surface area (Å²) in [5, 5.41) is 11.8. The molecule has 0 aromatic heterocycles. The summed E-state index contributed by atoms with van der Waals surface area (Å²) in [4.78, 5) is 0. The highest BCUT2D eigenvalue weighted by atomic mass is 19.2. The first kappa shape index (κ1) is 12.2. The maximum Gasteiger partial charge on any atom is 0.161 e. The summed E-state index contributed by atoms with van der Waals surface area (Å²) in [6, 6.07) is 1.25. The van der Waals surface area contributed by atoms with Gasteiger partial charge in [-0.25, -0.2) is 13.2 Å². The average molecular weight is 247 g/mol. The maximum absolute atomic E-state index is 13.3. The van der Waals surface area contributed by atoms with Crippen molar-refractivity contribution < 1.29 is 23.0 Å². The molecule has 1 saturated heterocycles. The van der Waals surface area contributed by atoms with E-state index in [1.165, 1.54) is 0 Å². The predicted octanol–water partition coefficient (Wildman–Crippen LogP) is 1.52. The van der Waals surface area contributed by atoms with Crippen molar-refractivity contribution in [3.8, 4) is 0 Å². The number of benzene rings is 1. The smallest absolute Gasteiger partial charge is 0.161 e. The Labute approximate surface area is 96.2 Å². The molecule has 0 bridgehead atoms. The molecular weight excluding hydrogens is 235 g/mol. The minimum atomic E-state index is -1.23. The van der Waals surface area contributed by atoms with Crippen LogP contribution in [0.2, 0.25) is 0 Å². The summed E-state index contributed by atoms with van der Waals surface area (Å²) in [6.07, 6.45) is 0.